The summed E-state index contributed by atoms with van der Waals surface area (Å²) in [6.45, 7) is 2.34. The molecule has 0 N–H and O–H groups in total. The molecule has 1 heterocycles. The van der Waals surface area contributed by atoms with E-state index in [1.54, 1.807) is 0 Å². The van der Waals surface area contributed by atoms with Crippen molar-refractivity contribution >= 4 is 49.8 Å². The van der Waals surface area contributed by atoms with Crippen molar-refractivity contribution in [3.8, 4) is 33.4 Å². The molecule has 0 amide bonds. The predicted octanol–water partition coefficient (Wildman–Crippen LogP) is 16.4. The van der Waals surface area contributed by atoms with Crippen LogP contribution in [0.3, 0.4) is 0 Å². The van der Waals surface area contributed by atoms with Gasteiger partial charge in [-0.3, -0.25) is 0 Å². The summed E-state index contributed by atoms with van der Waals surface area (Å²) in [5.74, 6) is 0.450. The first-order valence-corrected chi connectivity index (χ1v) is 21.7. The van der Waals surface area contributed by atoms with Gasteiger partial charge in [-0.1, -0.05) is 177 Å². The lowest BCUT2D eigenvalue weighted by atomic mass is 9.65. The number of anilines is 3. The maximum absolute atomic E-state index is 6.21. The van der Waals surface area contributed by atoms with Crippen LogP contribution in [0.15, 0.2) is 234 Å². The molecule has 2 aliphatic rings. The molecule has 2 atom stereocenters. The van der Waals surface area contributed by atoms with Gasteiger partial charge in [-0.05, 0) is 133 Å². The maximum atomic E-state index is 6.21. The molecule has 62 heavy (non-hydrogen) atoms. The van der Waals surface area contributed by atoms with Crippen molar-refractivity contribution in [2.24, 2.45) is 5.92 Å². The molecule has 0 fully saturated rings. The van der Waals surface area contributed by atoms with Crippen molar-refractivity contribution in [2.45, 2.75) is 18.8 Å². The first-order valence-electron chi connectivity index (χ1n) is 21.7. The van der Waals surface area contributed by atoms with Crippen LogP contribution in [0.2, 0.25) is 0 Å². The Bertz CT molecular complexity index is 3390. The summed E-state index contributed by atoms with van der Waals surface area (Å²) < 4.78 is 6.21. The zero-order valence-electron chi connectivity index (χ0n) is 34.5. The molecule has 12 rings (SSSR count). The molecule has 0 radical (unpaired) electrons. The SMILES string of the molecule is CC1C=C(C2(c3ccccc3)c3ccccc3-c3ccc(N(c4ccc(-c5ccc(-c6ccc7c(c6)oc6ccccc67)cc5)cc4)c4ccc5ccccc5c4)cc32)C=CC1. The minimum Gasteiger partial charge on any atom is -0.456 e. The predicted molar refractivity (Wildman–Crippen MR) is 260 cm³/mol. The number of nitrogens with zero attached hydrogens (tertiary/aromatic N) is 1. The van der Waals surface area contributed by atoms with Gasteiger partial charge in [0.25, 0.3) is 0 Å². The summed E-state index contributed by atoms with van der Waals surface area (Å²) in [5.41, 5.74) is 17.2. The Labute approximate surface area is 362 Å². The molecule has 2 unspecified atom stereocenters. The van der Waals surface area contributed by atoms with E-state index in [0.717, 1.165) is 56.5 Å². The molecule has 294 valence electrons. The van der Waals surface area contributed by atoms with Gasteiger partial charge in [0.15, 0.2) is 0 Å². The summed E-state index contributed by atoms with van der Waals surface area (Å²) >= 11 is 0. The van der Waals surface area contributed by atoms with Crippen LogP contribution in [-0.4, -0.2) is 0 Å². The van der Waals surface area contributed by atoms with E-state index in [2.05, 4.69) is 224 Å². The molecule has 0 bridgehead atoms. The molecule has 2 heteroatoms. The molecule has 1 aromatic heterocycles. The number of fused-ring (bicyclic) bond motifs is 7. The quantitative estimate of drug-likeness (QED) is 0.160. The monoisotopic (exact) mass is 793 g/mol. The minimum absolute atomic E-state index is 0.450. The first-order chi connectivity index (χ1) is 30.6. The minimum atomic E-state index is -0.461. The molecule has 0 spiro atoms. The van der Waals surface area contributed by atoms with Gasteiger partial charge in [-0.2, -0.15) is 0 Å². The third-order valence-corrected chi connectivity index (χ3v) is 13.2. The highest BCUT2D eigenvalue weighted by atomic mass is 16.3. The van der Waals surface area contributed by atoms with Gasteiger partial charge in [-0.15, -0.1) is 0 Å². The molecular weight excluding hydrogens is 751 g/mol. The Balaban J connectivity index is 0.966. The Kier molecular flexibility index (Phi) is 8.47. The van der Waals surface area contributed by atoms with E-state index in [-0.39, 0.29) is 0 Å². The van der Waals surface area contributed by atoms with Gasteiger partial charge in [0.1, 0.15) is 11.2 Å². The lowest BCUT2D eigenvalue weighted by Crippen LogP contribution is -2.30. The van der Waals surface area contributed by atoms with Crippen molar-refractivity contribution in [2.75, 3.05) is 4.90 Å². The normalized spacial score (nSPS) is 16.7. The zero-order chi connectivity index (χ0) is 41.2. The number of hydrogen-bond acceptors (Lipinski definition) is 2. The molecule has 9 aromatic carbocycles. The molecular formula is C60H43NO. The highest BCUT2D eigenvalue weighted by Crippen LogP contribution is 2.58. The largest absolute Gasteiger partial charge is 0.456 e. The van der Waals surface area contributed by atoms with Crippen LogP contribution in [0.1, 0.15) is 30.0 Å². The van der Waals surface area contributed by atoms with Gasteiger partial charge < -0.3 is 9.32 Å². The van der Waals surface area contributed by atoms with Crippen LogP contribution in [-0.2, 0) is 5.41 Å². The van der Waals surface area contributed by atoms with Crippen molar-refractivity contribution < 1.29 is 4.42 Å². The number of rotatable bonds is 7. The second-order valence-corrected chi connectivity index (χ2v) is 16.9. The van der Waals surface area contributed by atoms with Gasteiger partial charge in [0, 0.05) is 27.8 Å². The lowest BCUT2D eigenvalue weighted by Gasteiger charge is -2.37. The van der Waals surface area contributed by atoms with Crippen LogP contribution >= 0.6 is 0 Å². The van der Waals surface area contributed by atoms with Crippen LogP contribution in [0.25, 0.3) is 66.1 Å². The first kappa shape index (κ1) is 36.2. The van der Waals surface area contributed by atoms with E-state index < -0.39 is 5.41 Å². The summed E-state index contributed by atoms with van der Waals surface area (Å²) in [4.78, 5) is 2.43. The van der Waals surface area contributed by atoms with Crippen LogP contribution in [0, 0.1) is 5.92 Å². The van der Waals surface area contributed by atoms with Crippen molar-refractivity contribution in [3.63, 3.8) is 0 Å². The molecule has 2 aliphatic carbocycles. The molecule has 0 saturated heterocycles. The number of allylic oxidation sites excluding steroid dienone is 4. The fraction of sp³-hybridized carbons (Fsp3) is 0.0667. The van der Waals surface area contributed by atoms with Crippen molar-refractivity contribution in [3.05, 3.63) is 247 Å². The Morgan fingerprint density at radius 2 is 1.08 bits per heavy atom. The van der Waals surface area contributed by atoms with Crippen LogP contribution < -0.4 is 4.90 Å². The number of benzene rings is 9. The third kappa shape index (κ3) is 5.79. The second kappa shape index (κ2) is 14.5. The topological polar surface area (TPSA) is 16.4 Å². The maximum Gasteiger partial charge on any atom is 0.136 e. The van der Waals surface area contributed by atoms with E-state index >= 15 is 0 Å². The average Bonchev–Trinajstić information content (AvgIpc) is 3.85. The molecule has 0 saturated carbocycles. The fourth-order valence-electron chi connectivity index (χ4n) is 10.3. The average molecular weight is 794 g/mol. The summed E-state index contributed by atoms with van der Waals surface area (Å²) in [6.07, 6.45) is 8.32. The zero-order valence-corrected chi connectivity index (χ0v) is 34.5. The Morgan fingerprint density at radius 3 is 1.90 bits per heavy atom. The van der Waals surface area contributed by atoms with Crippen molar-refractivity contribution in [1.29, 1.82) is 0 Å². The second-order valence-electron chi connectivity index (χ2n) is 16.9. The third-order valence-electron chi connectivity index (χ3n) is 13.2. The highest BCUT2D eigenvalue weighted by Gasteiger charge is 2.47. The Hall–Kier alpha value is -7.68. The highest BCUT2D eigenvalue weighted by molar-refractivity contribution is 6.06. The van der Waals surface area contributed by atoms with Crippen LogP contribution in [0.5, 0.6) is 0 Å². The van der Waals surface area contributed by atoms with Gasteiger partial charge in [0.05, 0.1) is 5.41 Å². The number of furan rings is 1. The van der Waals surface area contributed by atoms with Crippen molar-refractivity contribution in [1.82, 2.24) is 0 Å². The van der Waals surface area contributed by atoms with E-state index in [1.165, 1.54) is 55.3 Å². The summed E-state index contributed by atoms with van der Waals surface area (Å²) in [7, 11) is 0. The smallest absolute Gasteiger partial charge is 0.136 e. The van der Waals surface area contributed by atoms with E-state index in [9.17, 15) is 0 Å². The van der Waals surface area contributed by atoms with E-state index in [1.807, 2.05) is 12.1 Å². The van der Waals surface area contributed by atoms with Gasteiger partial charge >= 0.3 is 0 Å². The van der Waals surface area contributed by atoms with E-state index in [4.69, 9.17) is 4.42 Å². The molecule has 0 aliphatic heterocycles. The Morgan fingerprint density at radius 1 is 0.468 bits per heavy atom. The van der Waals surface area contributed by atoms with E-state index in [0.29, 0.717) is 5.92 Å². The molecule has 2 nitrogen and oxygen atoms in total. The lowest BCUT2D eigenvalue weighted by molar-refractivity contribution is 0.669. The number of hydrogen-bond donors (Lipinski definition) is 0. The van der Waals surface area contributed by atoms with Gasteiger partial charge in [0.2, 0.25) is 0 Å². The standard InChI is InChI=1S/C60H43NO/c1-40-12-11-17-48(36-40)60(47-15-3-2-4-16-47)56-20-9-7-18-52(56)53-35-33-51(39-57(53)60)61(50-32-28-41-13-5-6-14-45(41)37-50)49-30-26-43(27-31-49)42-22-24-44(25-23-42)46-29-34-55-54-19-8-10-21-58(54)62-59(55)38-46/h2-11,13-40H,12H2,1H3. The van der Waals surface area contributed by atoms with Gasteiger partial charge in [-0.25, -0.2) is 0 Å². The summed E-state index contributed by atoms with van der Waals surface area (Å²) in [6, 6.07) is 75.5. The van der Waals surface area contributed by atoms with Crippen LogP contribution in [0.4, 0.5) is 17.1 Å². The number of para-hydroxylation sites is 1. The molecule has 10 aromatic rings. The summed E-state index contributed by atoms with van der Waals surface area (Å²) in [5, 5.41) is 4.74. The fourth-order valence-corrected chi connectivity index (χ4v) is 10.3.